The summed E-state index contributed by atoms with van der Waals surface area (Å²) in [5.41, 5.74) is 10.1. The molecule has 216 valence electrons. The molecule has 0 bridgehead atoms. The fourth-order valence-electron chi connectivity index (χ4n) is 3.52. The van der Waals surface area contributed by atoms with Crippen molar-refractivity contribution in [3.63, 3.8) is 0 Å². The number of hydrogen-bond donors (Lipinski definition) is 0. The van der Waals surface area contributed by atoms with Gasteiger partial charge in [-0.15, -0.1) is 6.58 Å². The van der Waals surface area contributed by atoms with Crippen molar-refractivity contribution in [2.24, 2.45) is 5.11 Å². The summed E-state index contributed by atoms with van der Waals surface area (Å²) in [5, 5.41) is 3.87. The van der Waals surface area contributed by atoms with Crippen LogP contribution in [0.3, 0.4) is 0 Å². The molecule has 9 nitrogen and oxygen atoms in total. The lowest BCUT2D eigenvalue weighted by molar-refractivity contribution is 0.00279. The second-order valence-corrected chi connectivity index (χ2v) is 11.1. The summed E-state index contributed by atoms with van der Waals surface area (Å²) in [6.45, 7) is 12.0. The smallest absolute Gasteiger partial charge is 0.259 e. The van der Waals surface area contributed by atoms with Crippen LogP contribution in [0.4, 0.5) is 0 Å². The van der Waals surface area contributed by atoms with Crippen LogP contribution in [-0.2, 0) is 25.1 Å². The summed E-state index contributed by atoms with van der Waals surface area (Å²) in [5.74, 6) is 0.837. The first-order valence-electron chi connectivity index (χ1n) is 13.7. The van der Waals surface area contributed by atoms with E-state index >= 15 is 0 Å². The van der Waals surface area contributed by atoms with Crippen molar-refractivity contribution in [3.8, 4) is 5.75 Å². The van der Waals surface area contributed by atoms with Gasteiger partial charge in [-0.2, -0.15) is 0 Å². The molecule has 0 fully saturated rings. The number of hydrogen-bond acceptors (Lipinski definition) is 7. The first-order valence-corrected chi connectivity index (χ1v) is 14.8. The summed E-state index contributed by atoms with van der Waals surface area (Å²) in [6, 6.07) is 7.77. The van der Waals surface area contributed by atoms with Gasteiger partial charge in [0.2, 0.25) is 0 Å². The minimum atomic E-state index is -1.29. The highest BCUT2D eigenvalue weighted by molar-refractivity contribution is 7.44. The highest BCUT2D eigenvalue weighted by Crippen LogP contribution is 2.43. The Labute approximate surface area is 231 Å². The highest BCUT2D eigenvalue weighted by Gasteiger charge is 2.22. The molecule has 1 aromatic rings. The largest absolute Gasteiger partial charge is 0.497 e. The molecule has 0 saturated heterocycles. The van der Waals surface area contributed by atoms with Crippen molar-refractivity contribution in [2.45, 2.75) is 90.5 Å². The Morgan fingerprint density at radius 2 is 1.82 bits per heavy atom. The minimum absolute atomic E-state index is 0.104. The van der Waals surface area contributed by atoms with Crippen molar-refractivity contribution in [1.82, 2.24) is 4.67 Å². The fourth-order valence-corrected chi connectivity index (χ4v) is 4.87. The Morgan fingerprint density at radius 1 is 1.08 bits per heavy atom. The Bertz CT molecular complexity index is 777. The van der Waals surface area contributed by atoms with Crippen LogP contribution in [0, 0.1) is 0 Å². The number of nitrogens with zero attached hydrogens (tertiary/aromatic N) is 4. The van der Waals surface area contributed by atoms with E-state index in [1.54, 1.807) is 13.2 Å². The van der Waals surface area contributed by atoms with E-state index in [-0.39, 0.29) is 25.4 Å². The lowest BCUT2D eigenvalue weighted by Crippen LogP contribution is -2.26. The average Bonchev–Trinajstić information content (AvgIpc) is 2.93. The maximum absolute atomic E-state index is 9.03. The van der Waals surface area contributed by atoms with Crippen LogP contribution in [-0.4, -0.2) is 63.4 Å². The van der Waals surface area contributed by atoms with Gasteiger partial charge in [0.25, 0.3) is 8.53 Å². The zero-order valence-corrected chi connectivity index (χ0v) is 25.0. The van der Waals surface area contributed by atoms with Crippen LogP contribution in [0.5, 0.6) is 5.75 Å². The molecule has 1 aromatic carbocycles. The van der Waals surface area contributed by atoms with Crippen molar-refractivity contribution >= 4 is 8.53 Å². The van der Waals surface area contributed by atoms with Gasteiger partial charge in [-0.3, -0.25) is 0 Å². The first kappa shape index (κ1) is 34.3. The molecule has 0 aliphatic carbocycles. The van der Waals surface area contributed by atoms with Gasteiger partial charge in [-0.25, -0.2) is 4.67 Å². The van der Waals surface area contributed by atoms with Crippen LogP contribution >= 0.6 is 8.53 Å². The van der Waals surface area contributed by atoms with Crippen molar-refractivity contribution in [1.29, 1.82) is 0 Å². The van der Waals surface area contributed by atoms with Gasteiger partial charge >= 0.3 is 0 Å². The van der Waals surface area contributed by atoms with E-state index in [1.807, 2.05) is 36.0 Å². The van der Waals surface area contributed by atoms with E-state index in [4.69, 9.17) is 28.8 Å². The molecule has 38 heavy (non-hydrogen) atoms. The van der Waals surface area contributed by atoms with Crippen LogP contribution in [0.25, 0.3) is 10.4 Å². The lowest BCUT2D eigenvalue weighted by atomic mass is 10.1. The maximum Gasteiger partial charge on any atom is 0.259 e. The quantitative estimate of drug-likeness (QED) is 0.0324. The van der Waals surface area contributed by atoms with Crippen LogP contribution in [0.2, 0.25) is 0 Å². The Balaban J connectivity index is 2.56. The van der Waals surface area contributed by atoms with Gasteiger partial charge in [-0.05, 0) is 57.0 Å². The van der Waals surface area contributed by atoms with Crippen LogP contribution in [0.15, 0.2) is 42.0 Å². The van der Waals surface area contributed by atoms with E-state index in [9.17, 15) is 0 Å². The summed E-state index contributed by atoms with van der Waals surface area (Å²) in [6.07, 6.45) is 9.70. The summed E-state index contributed by atoms with van der Waals surface area (Å²) in [4.78, 5) is 2.98. The third-order valence-electron chi connectivity index (χ3n) is 6.07. The molecule has 0 aliphatic heterocycles. The molecule has 0 aliphatic rings. The first-order chi connectivity index (χ1) is 18.4. The Hall–Kier alpha value is -1.70. The second-order valence-electron chi connectivity index (χ2n) is 9.49. The summed E-state index contributed by atoms with van der Waals surface area (Å²) < 4.78 is 31.2. The second kappa shape index (κ2) is 22.2. The molecule has 0 saturated carbocycles. The van der Waals surface area contributed by atoms with Crippen molar-refractivity contribution in [2.75, 3.05) is 40.6 Å². The third kappa shape index (κ3) is 15.6. The van der Waals surface area contributed by atoms with Gasteiger partial charge in [-0.1, -0.05) is 62.4 Å². The zero-order chi connectivity index (χ0) is 28.0. The van der Waals surface area contributed by atoms with Crippen molar-refractivity contribution in [3.05, 3.63) is 52.9 Å². The molecule has 10 heteroatoms. The molecule has 0 N–H and O–H groups in total. The molecule has 0 spiro atoms. The topological polar surface area (TPSA) is 98.2 Å². The fraction of sp³-hybridized carbons (Fsp3) is 0.714. The lowest BCUT2D eigenvalue weighted by Gasteiger charge is -2.29. The van der Waals surface area contributed by atoms with E-state index in [0.29, 0.717) is 19.8 Å². The monoisotopic (exact) mass is 552 g/mol. The van der Waals surface area contributed by atoms with E-state index in [0.717, 1.165) is 30.6 Å². The average molecular weight is 553 g/mol. The summed E-state index contributed by atoms with van der Waals surface area (Å²) in [7, 11) is 2.33. The number of ether oxygens (including phenoxy) is 3. The number of unbranched alkanes of at least 4 members (excludes halogenated alkanes) is 4. The molecule has 0 aromatic heterocycles. The molecule has 0 heterocycles. The third-order valence-corrected chi connectivity index (χ3v) is 7.79. The van der Waals surface area contributed by atoms with Gasteiger partial charge < -0.3 is 23.3 Å². The van der Waals surface area contributed by atoms with Gasteiger partial charge in [0.05, 0.1) is 45.7 Å². The number of benzene rings is 1. The number of azide groups is 1. The summed E-state index contributed by atoms with van der Waals surface area (Å²) >= 11 is 0. The number of methoxy groups -OCH3 is 1. The van der Waals surface area contributed by atoms with E-state index in [2.05, 4.69) is 37.4 Å². The SMILES string of the molecule is C=CCOP(OCC(COCC[C@@H](CCCCCCC)OCc1ccc(OC)cc1)N=[N+]=[N-])N(C)C(C)C. The molecule has 2 unspecified atom stereocenters. The van der Waals surface area contributed by atoms with E-state index < -0.39 is 14.6 Å². The molecule has 1 rings (SSSR count). The molecular weight excluding hydrogens is 503 g/mol. The highest BCUT2D eigenvalue weighted by atomic mass is 31.2. The van der Waals surface area contributed by atoms with Crippen LogP contribution < -0.4 is 4.74 Å². The van der Waals surface area contributed by atoms with Crippen LogP contribution in [0.1, 0.15) is 71.3 Å². The van der Waals surface area contributed by atoms with Crippen molar-refractivity contribution < 1.29 is 23.3 Å². The maximum atomic E-state index is 9.03. The molecule has 0 radical (unpaired) electrons. The standard InChI is InChI=1S/C28H49N4O5P/c1-7-9-10-11-12-13-28(35-21-25-14-16-27(33-6)17-15-25)18-20-34-22-26(30-31-29)23-37-38(36-19-8-2)32(5)24(3)4/h8,14-17,24,26,28H,2,7,9-13,18-23H2,1,3-6H3/t26?,28-,38?/m1/s1. The normalized spacial score (nSPS) is 13.8. The predicted molar refractivity (Wildman–Crippen MR) is 155 cm³/mol. The predicted octanol–water partition coefficient (Wildman–Crippen LogP) is 7.81. The molecule has 0 amide bonds. The Morgan fingerprint density at radius 3 is 2.45 bits per heavy atom. The minimum Gasteiger partial charge on any atom is -0.497 e. The Kier molecular flexibility index (Phi) is 20.0. The van der Waals surface area contributed by atoms with Gasteiger partial charge in [0, 0.05) is 17.6 Å². The molecule has 3 atom stereocenters. The zero-order valence-electron chi connectivity index (χ0n) is 24.1. The van der Waals surface area contributed by atoms with E-state index in [1.165, 1.54) is 25.7 Å². The molecular formula is C28H49N4O5P. The number of rotatable bonds is 24. The van der Waals surface area contributed by atoms with Gasteiger partial charge in [0.15, 0.2) is 0 Å². The van der Waals surface area contributed by atoms with Gasteiger partial charge in [0.1, 0.15) is 5.75 Å².